The summed E-state index contributed by atoms with van der Waals surface area (Å²) in [5, 5.41) is 4.25. The molecule has 2 heterocycles. The van der Waals surface area contributed by atoms with Crippen molar-refractivity contribution < 1.29 is 19.1 Å². The average molecular weight is 336 g/mol. The Balaban J connectivity index is 1.93. The molecule has 0 saturated carbocycles. The number of halogens is 1. The standard InChI is InChI=1S/C15H14ClN3O4/c1-3-23-15(22)12-10-11(17-18-12)14(21)19(13(10)20)8-5-4-7(2)9(16)6-8/h4-6,10-11,17H,3H2,1-2H3. The predicted octanol–water partition coefficient (Wildman–Crippen LogP) is 1.03. The molecule has 2 aliphatic heterocycles. The highest BCUT2D eigenvalue weighted by atomic mass is 35.5. The van der Waals surface area contributed by atoms with Crippen LogP contribution in [-0.2, 0) is 19.1 Å². The Morgan fingerprint density at radius 2 is 2.13 bits per heavy atom. The van der Waals surface area contributed by atoms with Crippen molar-refractivity contribution in [2.75, 3.05) is 11.5 Å². The summed E-state index contributed by atoms with van der Waals surface area (Å²) < 4.78 is 4.88. The van der Waals surface area contributed by atoms with Gasteiger partial charge in [0, 0.05) is 5.02 Å². The Morgan fingerprint density at radius 1 is 1.39 bits per heavy atom. The van der Waals surface area contributed by atoms with Crippen LogP contribution in [0.5, 0.6) is 0 Å². The number of ether oxygens (including phenoxy) is 1. The van der Waals surface area contributed by atoms with Crippen LogP contribution < -0.4 is 10.3 Å². The molecule has 8 heteroatoms. The molecule has 120 valence electrons. The van der Waals surface area contributed by atoms with Crippen molar-refractivity contribution in [3.05, 3.63) is 28.8 Å². The van der Waals surface area contributed by atoms with Gasteiger partial charge < -0.3 is 4.74 Å². The molecule has 7 nitrogen and oxygen atoms in total. The van der Waals surface area contributed by atoms with Crippen molar-refractivity contribution in [2.45, 2.75) is 19.9 Å². The lowest BCUT2D eigenvalue weighted by Crippen LogP contribution is -2.36. The summed E-state index contributed by atoms with van der Waals surface area (Å²) in [7, 11) is 0. The number of rotatable bonds is 3. The van der Waals surface area contributed by atoms with E-state index >= 15 is 0 Å². The molecule has 2 aliphatic rings. The number of carbonyl (C=O) groups is 3. The van der Waals surface area contributed by atoms with Gasteiger partial charge in [-0.1, -0.05) is 17.7 Å². The fourth-order valence-electron chi connectivity index (χ4n) is 2.64. The Labute approximate surface area is 137 Å². The maximum atomic E-state index is 12.6. The van der Waals surface area contributed by atoms with Crippen LogP contribution >= 0.6 is 11.6 Å². The van der Waals surface area contributed by atoms with E-state index < -0.39 is 29.7 Å². The number of anilines is 1. The average Bonchev–Trinajstić information content (AvgIpc) is 3.04. The molecule has 0 spiro atoms. The van der Waals surface area contributed by atoms with E-state index in [1.165, 1.54) is 0 Å². The number of esters is 1. The van der Waals surface area contributed by atoms with Crippen LogP contribution in [0.25, 0.3) is 0 Å². The van der Waals surface area contributed by atoms with Crippen LogP contribution in [0.15, 0.2) is 23.3 Å². The molecule has 2 unspecified atom stereocenters. The number of nitrogens with one attached hydrogen (secondary N) is 1. The zero-order chi connectivity index (χ0) is 16.7. The van der Waals surface area contributed by atoms with Gasteiger partial charge in [0.1, 0.15) is 12.0 Å². The summed E-state index contributed by atoms with van der Waals surface area (Å²) >= 11 is 6.07. The van der Waals surface area contributed by atoms with E-state index in [0.717, 1.165) is 10.5 Å². The molecule has 0 radical (unpaired) electrons. The highest BCUT2D eigenvalue weighted by Gasteiger charge is 2.55. The Kier molecular flexibility index (Phi) is 3.81. The number of nitrogens with zero attached hydrogens (tertiary/aromatic N) is 2. The van der Waals surface area contributed by atoms with Gasteiger partial charge in [0.2, 0.25) is 5.91 Å². The summed E-state index contributed by atoms with van der Waals surface area (Å²) in [6, 6.07) is 4.02. The lowest BCUT2D eigenvalue weighted by molar-refractivity contribution is -0.136. The lowest BCUT2D eigenvalue weighted by Gasteiger charge is -2.16. The number of imide groups is 1. The summed E-state index contributed by atoms with van der Waals surface area (Å²) in [5.41, 5.74) is 3.69. The number of aryl methyl sites for hydroxylation is 1. The SMILES string of the molecule is CCOC(=O)C1=NNC2C(=O)N(c3ccc(C)c(Cl)c3)C(=O)C12. The number of hydrazone groups is 1. The minimum atomic E-state index is -0.971. The third-order valence-electron chi connectivity index (χ3n) is 3.82. The van der Waals surface area contributed by atoms with E-state index in [2.05, 4.69) is 10.5 Å². The van der Waals surface area contributed by atoms with Crippen LogP contribution in [0.1, 0.15) is 12.5 Å². The molecule has 3 rings (SSSR count). The second-order valence-corrected chi connectivity index (χ2v) is 5.65. The topological polar surface area (TPSA) is 88.1 Å². The first-order valence-electron chi connectivity index (χ1n) is 7.10. The van der Waals surface area contributed by atoms with Crippen molar-refractivity contribution in [3.63, 3.8) is 0 Å². The van der Waals surface area contributed by atoms with Gasteiger partial charge in [-0.15, -0.1) is 0 Å². The Hall–Kier alpha value is -2.41. The van der Waals surface area contributed by atoms with Gasteiger partial charge in [-0.3, -0.25) is 15.0 Å². The summed E-state index contributed by atoms with van der Waals surface area (Å²) in [4.78, 5) is 38.1. The minimum absolute atomic E-state index is 0.0732. The Bertz CT molecular complexity index is 746. The van der Waals surface area contributed by atoms with Gasteiger partial charge in [0.05, 0.1) is 12.3 Å². The summed E-state index contributed by atoms with van der Waals surface area (Å²) in [6.07, 6.45) is 0. The van der Waals surface area contributed by atoms with E-state index in [0.29, 0.717) is 10.7 Å². The smallest absolute Gasteiger partial charge is 0.355 e. The van der Waals surface area contributed by atoms with Crippen molar-refractivity contribution >= 4 is 40.8 Å². The molecule has 1 N–H and O–H groups in total. The first-order chi connectivity index (χ1) is 11.0. The lowest BCUT2D eigenvalue weighted by atomic mass is 9.99. The molecule has 0 aromatic heterocycles. The number of benzene rings is 1. The van der Waals surface area contributed by atoms with Crippen LogP contribution in [0.2, 0.25) is 5.02 Å². The monoisotopic (exact) mass is 335 g/mol. The van der Waals surface area contributed by atoms with E-state index in [-0.39, 0.29) is 12.3 Å². The fraction of sp³-hybridized carbons (Fsp3) is 0.333. The number of amides is 2. The van der Waals surface area contributed by atoms with E-state index in [1.54, 1.807) is 25.1 Å². The second-order valence-electron chi connectivity index (χ2n) is 5.25. The molecule has 1 fully saturated rings. The highest BCUT2D eigenvalue weighted by Crippen LogP contribution is 2.32. The number of hydrogen-bond acceptors (Lipinski definition) is 6. The molecule has 2 amide bonds. The van der Waals surface area contributed by atoms with E-state index in [9.17, 15) is 14.4 Å². The zero-order valence-corrected chi connectivity index (χ0v) is 13.3. The van der Waals surface area contributed by atoms with Crippen molar-refractivity contribution in [3.8, 4) is 0 Å². The van der Waals surface area contributed by atoms with Gasteiger partial charge in [0.15, 0.2) is 5.71 Å². The third-order valence-corrected chi connectivity index (χ3v) is 4.23. The molecular weight excluding hydrogens is 322 g/mol. The molecule has 1 aromatic rings. The van der Waals surface area contributed by atoms with Gasteiger partial charge in [-0.2, -0.15) is 5.10 Å². The van der Waals surface area contributed by atoms with Gasteiger partial charge in [0.25, 0.3) is 5.91 Å². The van der Waals surface area contributed by atoms with Crippen LogP contribution in [-0.4, -0.2) is 36.1 Å². The maximum Gasteiger partial charge on any atom is 0.355 e. The quantitative estimate of drug-likeness (QED) is 0.658. The molecule has 23 heavy (non-hydrogen) atoms. The van der Waals surface area contributed by atoms with Gasteiger partial charge >= 0.3 is 5.97 Å². The van der Waals surface area contributed by atoms with Gasteiger partial charge in [-0.05, 0) is 31.5 Å². The minimum Gasteiger partial charge on any atom is -0.461 e. The molecule has 0 aliphatic carbocycles. The normalized spacial score (nSPS) is 22.7. The van der Waals surface area contributed by atoms with Crippen LogP contribution in [0.4, 0.5) is 5.69 Å². The summed E-state index contributed by atoms with van der Waals surface area (Å²) in [5.74, 6) is -2.65. The van der Waals surface area contributed by atoms with Crippen LogP contribution in [0, 0.1) is 12.8 Å². The molecule has 1 saturated heterocycles. The number of carbonyl (C=O) groups excluding carboxylic acids is 3. The predicted molar refractivity (Wildman–Crippen MR) is 83.2 cm³/mol. The molecule has 1 aromatic carbocycles. The molecule has 2 atom stereocenters. The van der Waals surface area contributed by atoms with Crippen molar-refractivity contribution in [1.29, 1.82) is 0 Å². The third kappa shape index (κ3) is 2.37. The van der Waals surface area contributed by atoms with E-state index in [4.69, 9.17) is 16.3 Å². The summed E-state index contributed by atoms with van der Waals surface area (Å²) in [6.45, 7) is 3.64. The zero-order valence-electron chi connectivity index (χ0n) is 12.5. The molecular formula is C15H14ClN3O4. The van der Waals surface area contributed by atoms with E-state index in [1.807, 2.05) is 6.92 Å². The second kappa shape index (κ2) is 5.66. The first kappa shape index (κ1) is 15.5. The van der Waals surface area contributed by atoms with Crippen molar-refractivity contribution in [1.82, 2.24) is 5.43 Å². The van der Waals surface area contributed by atoms with Gasteiger partial charge in [-0.25, -0.2) is 9.69 Å². The Morgan fingerprint density at radius 3 is 2.78 bits per heavy atom. The number of fused-ring (bicyclic) bond motifs is 1. The van der Waals surface area contributed by atoms with Crippen molar-refractivity contribution in [2.24, 2.45) is 11.0 Å². The van der Waals surface area contributed by atoms with Crippen LogP contribution in [0.3, 0.4) is 0 Å². The highest BCUT2D eigenvalue weighted by molar-refractivity contribution is 6.46. The maximum absolute atomic E-state index is 12.6. The largest absolute Gasteiger partial charge is 0.461 e. The fourth-order valence-corrected chi connectivity index (χ4v) is 2.81. The molecule has 0 bridgehead atoms. The number of hydrogen-bond donors (Lipinski definition) is 1. The first-order valence-corrected chi connectivity index (χ1v) is 7.47.